The Morgan fingerprint density at radius 3 is 2.67 bits per heavy atom. The number of nitrogens with zero attached hydrogens (tertiary/aromatic N) is 3. The number of nitrogens with two attached hydrogens (primary N) is 1. The SMILES string of the molecule is Cc1ccc(-c2nc(N)nc(C3CC3)n2)c(Br)c1. The molecule has 0 amide bonds. The standard InChI is InChI=1S/C13H13BrN4/c1-7-2-5-9(10(14)6-7)12-16-11(8-3-4-8)17-13(15)18-12/h2,5-6,8H,3-4H2,1H3,(H2,15,16,17,18). The van der Waals surface area contributed by atoms with Crippen LogP contribution in [-0.4, -0.2) is 15.0 Å². The average Bonchev–Trinajstić information content (AvgIpc) is 3.11. The summed E-state index contributed by atoms with van der Waals surface area (Å²) in [6.45, 7) is 2.05. The van der Waals surface area contributed by atoms with E-state index in [1.54, 1.807) is 0 Å². The van der Waals surface area contributed by atoms with Crippen molar-refractivity contribution in [1.82, 2.24) is 15.0 Å². The van der Waals surface area contributed by atoms with Gasteiger partial charge in [0.25, 0.3) is 0 Å². The lowest BCUT2D eigenvalue weighted by molar-refractivity contribution is 0.902. The van der Waals surface area contributed by atoms with E-state index in [1.807, 2.05) is 25.1 Å². The molecule has 0 radical (unpaired) electrons. The van der Waals surface area contributed by atoms with Crippen molar-refractivity contribution >= 4 is 21.9 Å². The highest BCUT2D eigenvalue weighted by atomic mass is 79.9. The van der Waals surface area contributed by atoms with Gasteiger partial charge in [0.05, 0.1) is 0 Å². The van der Waals surface area contributed by atoms with E-state index in [-0.39, 0.29) is 0 Å². The molecule has 1 fully saturated rings. The van der Waals surface area contributed by atoms with Crippen molar-refractivity contribution in [2.75, 3.05) is 5.73 Å². The number of nitrogen functional groups attached to an aromatic ring is 1. The Balaban J connectivity index is 2.10. The maximum Gasteiger partial charge on any atom is 0.223 e. The number of hydrogen-bond acceptors (Lipinski definition) is 4. The minimum atomic E-state index is 0.300. The van der Waals surface area contributed by atoms with Crippen LogP contribution in [0.4, 0.5) is 5.95 Å². The third-order valence-corrected chi connectivity index (χ3v) is 3.63. The molecule has 1 aromatic heterocycles. The monoisotopic (exact) mass is 304 g/mol. The number of benzene rings is 1. The number of aryl methyl sites for hydroxylation is 1. The molecular formula is C13H13BrN4. The lowest BCUT2D eigenvalue weighted by Gasteiger charge is -2.06. The van der Waals surface area contributed by atoms with Gasteiger partial charge in [0.15, 0.2) is 5.82 Å². The maximum absolute atomic E-state index is 5.76. The molecule has 0 atom stereocenters. The van der Waals surface area contributed by atoms with E-state index in [4.69, 9.17) is 5.73 Å². The topological polar surface area (TPSA) is 64.7 Å². The Bertz CT molecular complexity index is 608. The first kappa shape index (κ1) is 11.6. The van der Waals surface area contributed by atoms with Crippen molar-refractivity contribution < 1.29 is 0 Å². The average molecular weight is 305 g/mol. The Kier molecular flexibility index (Phi) is 2.78. The zero-order chi connectivity index (χ0) is 12.7. The number of halogens is 1. The van der Waals surface area contributed by atoms with Crippen molar-refractivity contribution in [3.63, 3.8) is 0 Å². The lowest BCUT2D eigenvalue weighted by atomic mass is 10.1. The van der Waals surface area contributed by atoms with E-state index < -0.39 is 0 Å². The van der Waals surface area contributed by atoms with Gasteiger partial charge in [0.1, 0.15) is 5.82 Å². The minimum absolute atomic E-state index is 0.300. The normalized spacial score (nSPS) is 14.8. The smallest absolute Gasteiger partial charge is 0.223 e. The summed E-state index contributed by atoms with van der Waals surface area (Å²) in [6, 6.07) is 6.09. The lowest BCUT2D eigenvalue weighted by Crippen LogP contribution is -2.04. The molecule has 2 aromatic rings. The first-order valence-electron chi connectivity index (χ1n) is 5.91. The second kappa shape index (κ2) is 4.31. The molecule has 1 heterocycles. The van der Waals surface area contributed by atoms with Crippen LogP contribution < -0.4 is 5.73 Å². The Morgan fingerprint density at radius 2 is 2.00 bits per heavy atom. The first-order valence-corrected chi connectivity index (χ1v) is 6.71. The Hall–Kier alpha value is -1.49. The highest BCUT2D eigenvalue weighted by Gasteiger charge is 2.27. The zero-order valence-electron chi connectivity index (χ0n) is 10.0. The molecule has 4 nitrogen and oxygen atoms in total. The van der Waals surface area contributed by atoms with Gasteiger partial charge in [-0.15, -0.1) is 0 Å². The van der Waals surface area contributed by atoms with E-state index >= 15 is 0 Å². The molecule has 0 bridgehead atoms. The molecule has 2 N–H and O–H groups in total. The van der Waals surface area contributed by atoms with Crippen LogP contribution in [0.25, 0.3) is 11.4 Å². The van der Waals surface area contributed by atoms with E-state index in [0.717, 1.165) is 28.7 Å². The molecule has 0 unspecified atom stereocenters. The van der Waals surface area contributed by atoms with Crippen LogP contribution >= 0.6 is 15.9 Å². The highest BCUT2D eigenvalue weighted by molar-refractivity contribution is 9.10. The summed E-state index contributed by atoms with van der Waals surface area (Å²) in [6.07, 6.45) is 2.30. The molecule has 92 valence electrons. The predicted molar refractivity (Wildman–Crippen MR) is 74.1 cm³/mol. The van der Waals surface area contributed by atoms with Crippen LogP contribution in [0.3, 0.4) is 0 Å². The molecule has 1 aliphatic carbocycles. The van der Waals surface area contributed by atoms with E-state index in [2.05, 4.69) is 30.9 Å². The molecule has 18 heavy (non-hydrogen) atoms. The third kappa shape index (κ3) is 2.22. The zero-order valence-corrected chi connectivity index (χ0v) is 11.6. The largest absolute Gasteiger partial charge is 0.368 e. The molecule has 3 rings (SSSR count). The van der Waals surface area contributed by atoms with E-state index in [0.29, 0.717) is 17.7 Å². The van der Waals surface area contributed by atoms with Gasteiger partial charge >= 0.3 is 0 Å². The Morgan fingerprint density at radius 1 is 1.22 bits per heavy atom. The fraction of sp³-hybridized carbons (Fsp3) is 0.308. The quantitative estimate of drug-likeness (QED) is 0.926. The van der Waals surface area contributed by atoms with Gasteiger partial charge in [-0.2, -0.15) is 9.97 Å². The second-order valence-electron chi connectivity index (χ2n) is 4.63. The van der Waals surface area contributed by atoms with E-state index in [9.17, 15) is 0 Å². The molecule has 1 aromatic carbocycles. The second-order valence-corrected chi connectivity index (χ2v) is 5.49. The van der Waals surface area contributed by atoms with Crippen LogP contribution in [0.15, 0.2) is 22.7 Å². The summed E-state index contributed by atoms with van der Waals surface area (Å²) < 4.78 is 0.981. The third-order valence-electron chi connectivity index (χ3n) is 2.98. The van der Waals surface area contributed by atoms with Crippen molar-refractivity contribution in [2.45, 2.75) is 25.7 Å². The maximum atomic E-state index is 5.76. The van der Waals surface area contributed by atoms with Crippen LogP contribution in [0, 0.1) is 6.92 Å². The summed E-state index contributed by atoms with van der Waals surface area (Å²) >= 11 is 3.54. The Labute approximate surface area is 114 Å². The first-order chi connectivity index (χ1) is 8.63. The molecule has 0 saturated heterocycles. The van der Waals surface area contributed by atoms with E-state index in [1.165, 1.54) is 5.56 Å². The fourth-order valence-corrected chi connectivity index (χ4v) is 2.53. The number of aromatic nitrogens is 3. The number of anilines is 1. The summed E-state index contributed by atoms with van der Waals surface area (Å²) in [7, 11) is 0. The fourth-order valence-electron chi connectivity index (χ4n) is 1.86. The molecule has 1 saturated carbocycles. The summed E-state index contributed by atoms with van der Waals surface area (Å²) in [5.41, 5.74) is 7.91. The summed E-state index contributed by atoms with van der Waals surface area (Å²) in [5.74, 6) is 2.24. The van der Waals surface area contributed by atoms with Crippen LogP contribution in [-0.2, 0) is 0 Å². The van der Waals surface area contributed by atoms with Crippen molar-refractivity contribution in [3.8, 4) is 11.4 Å². The molecule has 1 aliphatic rings. The highest BCUT2D eigenvalue weighted by Crippen LogP contribution is 2.39. The van der Waals surface area contributed by atoms with Crippen LogP contribution in [0.1, 0.15) is 30.1 Å². The van der Waals surface area contributed by atoms with Crippen molar-refractivity contribution in [2.24, 2.45) is 0 Å². The van der Waals surface area contributed by atoms with Crippen LogP contribution in [0.2, 0.25) is 0 Å². The van der Waals surface area contributed by atoms with Gasteiger partial charge in [-0.1, -0.05) is 22.0 Å². The number of hydrogen-bond donors (Lipinski definition) is 1. The van der Waals surface area contributed by atoms with Gasteiger partial charge in [-0.05, 0) is 37.5 Å². The number of rotatable bonds is 2. The van der Waals surface area contributed by atoms with Gasteiger partial charge in [-0.3, -0.25) is 0 Å². The van der Waals surface area contributed by atoms with Gasteiger partial charge in [0.2, 0.25) is 5.95 Å². The van der Waals surface area contributed by atoms with Crippen molar-refractivity contribution in [3.05, 3.63) is 34.1 Å². The van der Waals surface area contributed by atoms with Gasteiger partial charge < -0.3 is 5.73 Å². The molecule has 0 spiro atoms. The molecule has 5 heteroatoms. The summed E-state index contributed by atoms with van der Waals surface area (Å²) in [4.78, 5) is 13.0. The summed E-state index contributed by atoms with van der Waals surface area (Å²) in [5, 5.41) is 0. The minimum Gasteiger partial charge on any atom is -0.368 e. The van der Waals surface area contributed by atoms with Gasteiger partial charge in [0, 0.05) is 16.0 Å². The van der Waals surface area contributed by atoms with Gasteiger partial charge in [-0.25, -0.2) is 4.98 Å². The molecule has 0 aliphatic heterocycles. The van der Waals surface area contributed by atoms with Crippen molar-refractivity contribution in [1.29, 1.82) is 0 Å². The van der Waals surface area contributed by atoms with Crippen LogP contribution in [0.5, 0.6) is 0 Å². The molecular weight excluding hydrogens is 292 g/mol. The predicted octanol–water partition coefficient (Wildman–Crippen LogP) is 3.07.